The number of carbonyl (C=O) groups excluding carboxylic acids is 2. The van der Waals surface area contributed by atoms with Gasteiger partial charge < -0.3 is 14.5 Å². The summed E-state index contributed by atoms with van der Waals surface area (Å²) in [4.78, 5) is 29.0. The molecule has 0 radical (unpaired) electrons. The van der Waals surface area contributed by atoms with Crippen LogP contribution in [0.1, 0.15) is 33.5 Å². The van der Waals surface area contributed by atoms with Crippen LogP contribution < -0.4 is 4.74 Å². The summed E-state index contributed by atoms with van der Waals surface area (Å²) in [6, 6.07) is 11.0. The maximum absolute atomic E-state index is 12.7. The van der Waals surface area contributed by atoms with E-state index in [0.29, 0.717) is 36.8 Å². The third kappa shape index (κ3) is 5.10. The number of halogens is 1. The number of amides is 2. The van der Waals surface area contributed by atoms with Gasteiger partial charge in [-0.2, -0.15) is 0 Å². The van der Waals surface area contributed by atoms with Crippen LogP contribution in [0.25, 0.3) is 0 Å². The Morgan fingerprint density at radius 2 is 1.52 bits per heavy atom. The Morgan fingerprint density at radius 1 is 0.897 bits per heavy atom. The van der Waals surface area contributed by atoms with E-state index >= 15 is 0 Å². The van der Waals surface area contributed by atoms with Gasteiger partial charge in [-0.1, -0.05) is 23.7 Å². The van der Waals surface area contributed by atoms with Crippen LogP contribution in [-0.4, -0.2) is 54.4 Å². The van der Waals surface area contributed by atoms with Crippen molar-refractivity contribution in [2.45, 2.75) is 27.2 Å². The summed E-state index contributed by atoms with van der Waals surface area (Å²) in [5.74, 6) is 0.706. The molecule has 0 saturated carbocycles. The third-order valence-electron chi connectivity index (χ3n) is 5.44. The molecule has 1 fully saturated rings. The Kier molecular flexibility index (Phi) is 6.80. The first-order valence-corrected chi connectivity index (χ1v) is 10.3. The zero-order valence-electron chi connectivity index (χ0n) is 17.2. The minimum absolute atomic E-state index is 0.0102. The van der Waals surface area contributed by atoms with Crippen molar-refractivity contribution in [2.75, 3.05) is 32.8 Å². The number of rotatable bonds is 4. The number of carbonyl (C=O) groups is 2. The van der Waals surface area contributed by atoms with Gasteiger partial charge in [0.2, 0.25) is 0 Å². The molecule has 0 unspecified atom stereocenters. The van der Waals surface area contributed by atoms with Gasteiger partial charge in [0, 0.05) is 36.8 Å². The van der Waals surface area contributed by atoms with Crippen molar-refractivity contribution in [1.82, 2.24) is 9.80 Å². The first-order valence-electron chi connectivity index (χ1n) is 9.89. The summed E-state index contributed by atoms with van der Waals surface area (Å²) in [5.41, 5.74) is 3.84. The molecule has 154 valence electrons. The molecule has 2 amide bonds. The molecule has 0 atom stereocenters. The molecule has 2 aromatic rings. The molecule has 6 heteroatoms. The van der Waals surface area contributed by atoms with Gasteiger partial charge in [-0.25, -0.2) is 0 Å². The molecule has 0 bridgehead atoms. The van der Waals surface area contributed by atoms with Gasteiger partial charge in [0.1, 0.15) is 5.75 Å². The van der Waals surface area contributed by atoms with Crippen LogP contribution in [0.15, 0.2) is 36.4 Å². The lowest BCUT2D eigenvalue weighted by molar-refractivity contribution is -0.133. The minimum Gasteiger partial charge on any atom is -0.483 e. The summed E-state index contributed by atoms with van der Waals surface area (Å²) in [6.45, 7) is 8.30. The normalized spacial score (nSPS) is 14.5. The van der Waals surface area contributed by atoms with Gasteiger partial charge in [0.25, 0.3) is 11.8 Å². The Hall–Kier alpha value is -2.53. The van der Waals surface area contributed by atoms with Crippen LogP contribution >= 0.6 is 11.6 Å². The molecule has 0 N–H and O–H groups in total. The van der Waals surface area contributed by atoms with Crippen molar-refractivity contribution in [3.8, 4) is 5.75 Å². The van der Waals surface area contributed by atoms with E-state index in [1.54, 1.807) is 34.1 Å². The van der Waals surface area contributed by atoms with E-state index < -0.39 is 0 Å². The zero-order chi connectivity index (χ0) is 21.0. The molecule has 0 spiro atoms. The highest BCUT2D eigenvalue weighted by atomic mass is 35.5. The second-order valence-electron chi connectivity index (χ2n) is 7.48. The largest absolute Gasteiger partial charge is 0.483 e. The lowest BCUT2D eigenvalue weighted by atomic mass is 10.1. The molecule has 2 aromatic carbocycles. The topological polar surface area (TPSA) is 49.9 Å². The van der Waals surface area contributed by atoms with Crippen LogP contribution in [0.3, 0.4) is 0 Å². The first kappa shape index (κ1) is 21.2. The van der Waals surface area contributed by atoms with E-state index in [9.17, 15) is 9.59 Å². The van der Waals surface area contributed by atoms with Crippen LogP contribution in [-0.2, 0) is 4.79 Å². The number of benzene rings is 2. The molecular weight excluding hydrogens is 388 g/mol. The van der Waals surface area contributed by atoms with Gasteiger partial charge >= 0.3 is 0 Å². The van der Waals surface area contributed by atoms with Crippen LogP contribution in [0.2, 0.25) is 5.02 Å². The molecule has 5 nitrogen and oxygen atoms in total. The molecule has 0 aromatic heterocycles. The van der Waals surface area contributed by atoms with Gasteiger partial charge in [-0.3, -0.25) is 9.59 Å². The van der Waals surface area contributed by atoms with Gasteiger partial charge in [-0.05, 0) is 68.1 Å². The SMILES string of the molecule is Cc1ccc(C)c(OCC(=O)N2CCCN(C(=O)c3ccc(Cl)cc3)CC2)c1C. The standard InChI is InChI=1S/C23H27ClN2O3/c1-16-5-6-17(2)22(18(16)3)29-15-21(27)25-11-4-12-26(14-13-25)23(28)19-7-9-20(24)10-8-19/h5-10H,4,11-15H2,1-3H3. The van der Waals surface area contributed by atoms with Crippen molar-refractivity contribution >= 4 is 23.4 Å². The predicted molar refractivity (Wildman–Crippen MR) is 115 cm³/mol. The summed E-state index contributed by atoms with van der Waals surface area (Å²) < 4.78 is 5.87. The molecule has 1 heterocycles. The first-order chi connectivity index (χ1) is 13.9. The lowest BCUT2D eigenvalue weighted by Gasteiger charge is -2.23. The monoisotopic (exact) mass is 414 g/mol. The van der Waals surface area contributed by atoms with E-state index in [-0.39, 0.29) is 18.4 Å². The van der Waals surface area contributed by atoms with Gasteiger partial charge in [-0.15, -0.1) is 0 Å². The predicted octanol–water partition coefficient (Wildman–Crippen LogP) is 4.02. The van der Waals surface area contributed by atoms with Crippen LogP contribution in [0.5, 0.6) is 5.75 Å². The van der Waals surface area contributed by atoms with E-state index in [4.69, 9.17) is 16.3 Å². The lowest BCUT2D eigenvalue weighted by Crippen LogP contribution is -2.39. The maximum Gasteiger partial charge on any atom is 0.260 e. The highest BCUT2D eigenvalue weighted by Crippen LogP contribution is 2.25. The zero-order valence-corrected chi connectivity index (χ0v) is 18.0. The van der Waals surface area contributed by atoms with Gasteiger partial charge in [0.15, 0.2) is 6.61 Å². The van der Waals surface area contributed by atoms with E-state index in [2.05, 4.69) is 6.07 Å². The number of aryl methyl sites for hydroxylation is 2. The summed E-state index contributed by atoms with van der Waals surface area (Å²) in [6.07, 6.45) is 0.744. The van der Waals surface area contributed by atoms with E-state index in [1.165, 1.54) is 0 Å². The summed E-state index contributed by atoms with van der Waals surface area (Å²) in [7, 11) is 0. The smallest absolute Gasteiger partial charge is 0.260 e. The highest BCUT2D eigenvalue weighted by molar-refractivity contribution is 6.30. The Morgan fingerprint density at radius 3 is 2.24 bits per heavy atom. The quantitative estimate of drug-likeness (QED) is 0.759. The highest BCUT2D eigenvalue weighted by Gasteiger charge is 2.23. The van der Waals surface area contributed by atoms with Crippen molar-refractivity contribution in [3.63, 3.8) is 0 Å². The fraction of sp³-hybridized carbons (Fsp3) is 0.391. The van der Waals surface area contributed by atoms with Crippen molar-refractivity contribution < 1.29 is 14.3 Å². The Balaban J connectivity index is 1.58. The van der Waals surface area contributed by atoms with E-state index in [0.717, 1.165) is 28.9 Å². The fourth-order valence-corrected chi connectivity index (χ4v) is 3.64. The van der Waals surface area contributed by atoms with Crippen molar-refractivity contribution in [2.24, 2.45) is 0 Å². The van der Waals surface area contributed by atoms with Crippen molar-refractivity contribution in [1.29, 1.82) is 0 Å². The van der Waals surface area contributed by atoms with Crippen LogP contribution in [0, 0.1) is 20.8 Å². The minimum atomic E-state index is -0.0499. The maximum atomic E-state index is 12.7. The summed E-state index contributed by atoms with van der Waals surface area (Å²) >= 11 is 5.90. The average molecular weight is 415 g/mol. The summed E-state index contributed by atoms with van der Waals surface area (Å²) in [5, 5.41) is 0.605. The molecule has 1 aliphatic rings. The number of nitrogens with zero attached hydrogens (tertiary/aromatic N) is 2. The average Bonchev–Trinajstić information content (AvgIpc) is 2.97. The van der Waals surface area contributed by atoms with Gasteiger partial charge in [0.05, 0.1) is 0 Å². The second kappa shape index (κ2) is 9.31. The number of hydrogen-bond acceptors (Lipinski definition) is 3. The fourth-order valence-electron chi connectivity index (χ4n) is 3.52. The molecule has 1 saturated heterocycles. The third-order valence-corrected chi connectivity index (χ3v) is 5.69. The molecule has 0 aliphatic carbocycles. The molecule has 1 aliphatic heterocycles. The molecule has 29 heavy (non-hydrogen) atoms. The molecule has 3 rings (SSSR count). The van der Waals surface area contributed by atoms with Crippen LogP contribution in [0.4, 0.5) is 0 Å². The second-order valence-corrected chi connectivity index (χ2v) is 7.91. The van der Waals surface area contributed by atoms with E-state index in [1.807, 2.05) is 26.8 Å². The van der Waals surface area contributed by atoms with Crippen molar-refractivity contribution in [3.05, 3.63) is 63.7 Å². The number of ether oxygens (including phenoxy) is 1. The number of hydrogen-bond donors (Lipinski definition) is 0. The molecular formula is C23H27ClN2O3. The Bertz CT molecular complexity index is 896. The Labute approximate surface area is 177 Å².